The molecule has 0 radical (unpaired) electrons. The molecule has 1 aromatic rings. The van der Waals surface area contributed by atoms with Crippen LogP contribution in [0.4, 0.5) is 5.69 Å². The summed E-state index contributed by atoms with van der Waals surface area (Å²) in [5.74, 6) is -0.977. The first-order valence-electron chi connectivity index (χ1n) is 6.88. The summed E-state index contributed by atoms with van der Waals surface area (Å²) in [6.45, 7) is 0. The minimum absolute atomic E-state index is 0.0973. The molecule has 20 heavy (non-hydrogen) atoms. The van der Waals surface area contributed by atoms with Crippen molar-refractivity contribution in [3.8, 4) is 0 Å². The minimum Gasteiger partial charge on any atom is -0.449 e. The number of benzene rings is 1. The fourth-order valence-electron chi connectivity index (χ4n) is 2.65. The van der Waals surface area contributed by atoms with Crippen LogP contribution in [0.1, 0.15) is 37.7 Å². The molecule has 0 unspecified atom stereocenters. The maximum atomic E-state index is 12.0. The van der Waals surface area contributed by atoms with E-state index in [4.69, 9.17) is 16.2 Å². The van der Waals surface area contributed by atoms with Gasteiger partial charge in [0, 0.05) is 5.69 Å². The van der Waals surface area contributed by atoms with Gasteiger partial charge in [0.15, 0.2) is 5.60 Å². The first-order chi connectivity index (χ1) is 9.52. The van der Waals surface area contributed by atoms with Crippen LogP contribution in [0.15, 0.2) is 24.3 Å². The van der Waals surface area contributed by atoms with Crippen LogP contribution in [-0.2, 0) is 20.7 Å². The summed E-state index contributed by atoms with van der Waals surface area (Å²) in [5, 5.41) is 0. The Labute approximate surface area is 118 Å². The van der Waals surface area contributed by atoms with Gasteiger partial charge < -0.3 is 16.2 Å². The minimum atomic E-state index is -1.12. The summed E-state index contributed by atoms with van der Waals surface area (Å²) in [6.07, 6.45) is 3.89. The van der Waals surface area contributed by atoms with Crippen LogP contribution >= 0.6 is 0 Å². The van der Waals surface area contributed by atoms with Crippen molar-refractivity contribution in [2.45, 2.75) is 44.1 Å². The normalized spacial score (nSPS) is 17.4. The molecular formula is C15H20N2O3. The van der Waals surface area contributed by atoms with Crippen LogP contribution < -0.4 is 11.5 Å². The molecule has 1 aliphatic rings. The number of anilines is 1. The Morgan fingerprint density at radius 2 is 1.90 bits per heavy atom. The Kier molecular flexibility index (Phi) is 4.27. The molecule has 0 aromatic heterocycles. The van der Waals surface area contributed by atoms with Gasteiger partial charge in [-0.15, -0.1) is 0 Å². The molecule has 5 heteroatoms. The number of esters is 1. The van der Waals surface area contributed by atoms with Gasteiger partial charge in [-0.1, -0.05) is 18.6 Å². The SMILES string of the molecule is NC(=O)C1(OC(=O)Cc2cccc(N)c2)CCCCC1. The van der Waals surface area contributed by atoms with Crippen molar-refractivity contribution in [2.24, 2.45) is 5.73 Å². The summed E-state index contributed by atoms with van der Waals surface area (Å²) in [4.78, 5) is 23.7. The Morgan fingerprint density at radius 3 is 2.50 bits per heavy atom. The number of primary amides is 1. The third-order valence-corrected chi connectivity index (χ3v) is 3.72. The molecule has 0 atom stereocenters. The van der Waals surface area contributed by atoms with Crippen molar-refractivity contribution in [1.82, 2.24) is 0 Å². The molecule has 108 valence electrons. The fourth-order valence-corrected chi connectivity index (χ4v) is 2.65. The Hall–Kier alpha value is -2.04. The van der Waals surface area contributed by atoms with Gasteiger partial charge >= 0.3 is 5.97 Å². The number of carbonyl (C=O) groups is 2. The van der Waals surface area contributed by atoms with E-state index in [1.165, 1.54) is 0 Å². The van der Waals surface area contributed by atoms with E-state index in [2.05, 4.69) is 0 Å². The Morgan fingerprint density at radius 1 is 1.20 bits per heavy atom. The van der Waals surface area contributed by atoms with Gasteiger partial charge in [-0.3, -0.25) is 9.59 Å². The Bertz CT molecular complexity index is 508. The molecule has 1 aliphatic carbocycles. The molecule has 2 rings (SSSR count). The average Bonchev–Trinajstić information content (AvgIpc) is 2.39. The quantitative estimate of drug-likeness (QED) is 0.644. The van der Waals surface area contributed by atoms with Gasteiger partial charge in [0.05, 0.1) is 6.42 Å². The summed E-state index contributed by atoms with van der Waals surface area (Å²) in [5.41, 5.74) is 11.3. The van der Waals surface area contributed by atoms with E-state index in [0.717, 1.165) is 24.8 Å². The van der Waals surface area contributed by atoms with Gasteiger partial charge in [-0.05, 0) is 43.4 Å². The molecule has 1 fully saturated rings. The van der Waals surface area contributed by atoms with E-state index in [1.54, 1.807) is 24.3 Å². The van der Waals surface area contributed by atoms with E-state index in [1.807, 2.05) is 0 Å². The van der Waals surface area contributed by atoms with Crippen LogP contribution in [0.3, 0.4) is 0 Å². The molecule has 5 nitrogen and oxygen atoms in total. The first-order valence-corrected chi connectivity index (χ1v) is 6.88. The number of hydrogen-bond acceptors (Lipinski definition) is 4. The second-order valence-corrected chi connectivity index (χ2v) is 5.32. The molecular weight excluding hydrogens is 256 g/mol. The molecule has 1 amide bonds. The molecule has 0 saturated heterocycles. The largest absolute Gasteiger partial charge is 0.449 e. The first kappa shape index (κ1) is 14.4. The summed E-state index contributed by atoms with van der Waals surface area (Å²) < 4.78 is 5.43. The lowest BCUT2D eigenvalue weighted by molar-refractivity contribution is -0.170. The number of ether oxygens (including phenoxy) is 1. The zero-order valence-corrected chi connectivity index (χ0v) is 11.4. The monoisotopic (exact) mass is 276 g/mol. The lowest BCUT2D eigenvalue weighted by Gasteiger charge is -2.33. The van der Waals surface area contributed by atoms with Gasteiger partial charge in [0.25, 0.3) is 5.91 Å². The molecule has 0 aliphatic heterocycles. The third kappa shape index (κ3) is 3.29. The maximum absolute atomic E-state index is 12.0. The number of carbonyl (C=O) groups excluding carboxylic acids is 2. The fraction of sp³-hybridized carbons (Fsp3) is 0.467. The molecule has 0 heterocycles. The van der Waals surface area contributed by atoms with Gasteiger partial charge in [0.2, 0.25) is 0 Å². The van der Waals surface area contributed by atoms with Gasteiger partial charge in [0.1, 0.15) is 0 Å². The van der Waals surface area contributed by atoms with Crippen molar-refractivity contribution in [2.75, 3.05) is 5.73 Å². The lowest BCUT2D eigenvalue weighted by atomic mass is 9.84. The highest BCUT2D eigenvalue weighted by molar-refractivity contribution is 5.87. The molecule has 0 bridgehead atoms. The number of hydrogen-bond donors (Lipinski definition) is 2. The highest BCUT2D eigenvalue weighted by Gasteiger charge is 2.41. The predicted molar refractivity (Wildman–Crippen MR) is 75.7 cm³/mol. The van der Waals surface area contributed by atoms with Gasteiger partial charge in [-0.25, -0.2) is 0 Å². The van der Waals surface area contributed by atoms with E-state index in [-0.39, 0.29) is 6.42 Å². The molecule has 0 spiro atoms. The lowest BCUT2D eigenvalue weighted by Crippen LogP contribution is -2.49. The molecule has 4 N–H and O–H groups in total. The molecule has 1 aromatic carbocycles. The van der Waals surface area contributed by atoms with Crippen LogP contribution in [0.25, 0.3) is 0 Å². The maximum Gasteiger partial charge on any atom is 0.311 e. The van der Waals surface area contributed by atoms with E-state index < -0.39 is 17.5 Å². The number of nitrogens with two attached hydrogens (primary N) is 2. The third-order valence-electron chi connectivity index (χ3n) is 3.72. The standard InChI is InChI=1S/C15H20N2O3/c16-12-6-4-5-11(9-12)10-13(18)20-15(14(17)19)7-2-1-3-8-15/h4-6,9H,1-3,7-8,10,16H2,(H2,17,19). The van der Waals surface area contributed by atoms with E-state index >= 15 is 0 Å². The highest BCUT2D eigenvalue weighted by atomic mass is 16.6. The van der Waals surface area contributed by atoms with Crippen molar-refractivity contribution in [1.29, 1.82) is 0 Å². The van der Waals surface area contributed by atoms with Crippen LogP contribution in [0.2, 0.25) is 0 Å². The zero-order valence-electron chi connectivity index (χ0n) is 11.4. The summed E-state index contributed by atoms with van der Waals surface area (Å²) in [7, 11) is 0. The Balaban J connectivity index is 2.03. The van der Waals surface area contributed by atoms with Crippen molar-refractivity contribution >= 4 is 17.6 Å². The van der Waals surface area contributed by atoms with Crippen molar-refractivity contribution in [3.63, 3.8) is 0 Å². The van der Waals surface area contributed by atoms with Crippen LogP contribution in [0.5, 0.6) is 0 Å². The van der Waals surface area contributed by atoms with Crippen LogP contribution in [-0.4, -0.2) is 17.5 Å². The predicted octanol–water partition coefficient (Wildman–Crippen LogP) is 1.54. The number of amides is 1. The second-order valence-electron chi connectivity index (χ2n) is 5.32. The summed E-state index contributed by atoms with van der Waals surface area (Å²) >= 11 is 0. The van der Waals surface area contributed by atoms with Crippen molar-refractivity contribution in [3.05, 3.63) is 29.8 Å². The molecule has 1 saturated carbocycles. The topological polar surface area (TPSA) is 95.4 Å². The van der Waals surface area contributed by atoms with Gasteiger partial charge in [-0.2, -0.15) is 0 Å². The van der Waals surface area contributed by atoms with E-state index in [9.17, 15) is 9.59 Å². The number of rotatable bonds is 4. The summed E-state index contributed by atoms with van der Waals surface area (Å²) in [6, 6.07) is 7.05. The zero-order chi connectivity index (χ0) is 14.6. The average molecular weight is 276 g/mol. The number of nitrogen functional groups attached to an aromatic ring is 1. The van der Waals surface area contributed by atoms with E-state index in [0.29, 0.717) is 18.5 Å². The van der Waals surface area contributed by atoms with Crippen LogP contribution in [0, 0.1) is 0 Å². The van der Waals surface area contributed by atoms with Crippen molar-refractivity contribution < 1.29 is 14.3 Å². The smallest absolute Gasteiger partial charge is 0.311 e. The second kappa shape index (κ2) is 5.94. The highest BCUT2D eigenvalue weighted by Crippen LogP contribution is 2.31.